The van der Waals surface area contributed by atoms with Crippen LogP contribution in [0.15, 0.2) is 97.1 Å². The summed E-state index contributed by atoms with van der Waals surface area (Å²) in [5.74, 6) is -1.41. The van der Waals surface area contributed by atoms with Crippen LogP contribution in [0.4, 0.5) is 8.78 Å². The minimum absolute atomic E-state index is 0.151. The number of hydrogen-bond acceptors (Lipinski definition) is 3. The molecule has 1 aliphatic rings. The van der Waals surface area contributed by atoms with Crippen LogP contribution in [0.1, 0.15) is 41.2 Å². The van der Waals surface area contributed by atoms with Gasteiger partial charge in [-0.2, -0.15) is 5.26 Å². The van der Waals surface area contributed by atoms with Crippen LogP contribution in [0.25, 0.3) is 11.1 Å². The van der Waals surface area contributed by atoms with Gasteiger partial charge in [0.2, 0.25) is 5.91 Å². The number of hydrogen-bond donors (Lipinski definition) is 2. The van der Waals surface area contributed by atoms with Crippen molar-refractivity contribution in [1.82, 2.24) is 5.32 Å². The SMILES string of the molecule is N#Cc1cccc(-c2ccc([C@@]3(c4ccc(F)cc4)NC(=O)[C@@H]3CC[C@H](O)c3ccc(F)cc3)cc2)c1. The fraction of sp³-hybridized carbons (Fsp3) is 0.161. The topological polar surface area (TPSA) is 73.1 Å². The van der Waals surface area contributed by atoms with Crippen molar-refractivity contribution in [3.8, 4) is 17.2 Å². The lowest BCUT2D eigenvalue weighted by atomic mass is 9.64. The molecule has 1 saturated heterocycles. The Morgan fingerprint density at radius 2 is 1.46 bits per heavy atom. The van der Waals surface area contributed by atoms with E-state index in [1.54, 1.807) is 18.2 Å². The monoisotopic (exact) mass is 494 g/mol. The van der Waals surface area contributed by atoms with Gasteiger partial charge in [0.25, 0.3) is 0 Å². The van der Waals surface area contributed by atoms with Crippen LogP contribution >= 0.6 is 0 Å². The summed E-state index contributed by atoms with van der Waals surface area (Å²) >= 11 is 0. The highest BCUT2D eigenvalue weighted by Crippen LogP contribution is 2.47. The molecule has 1 heterocycles. The molecule has 184 valence electrons. The van der Waals surface area contributed by atoms with Gasteiger partial charge >= 0.3 is 0 Å². The number of carbonyl (C=O) groups excluding carboxylic acids is 1. The second kappa shape index (κ2) is 9.96. The number of β-lactam (4-membered cyclic amide) rings is 1. The fourth-order valence-corrected chi connectivity index (χ4v) is 5.13. The zero-order chi connectivity index (χ0) is 26.0. The van der Waals surface area contributed by atoms with Gasteiger partial charge in [0.05, 0.1) is 23.7 Å². The number of aliphatic hydroxyl groups is 1. The lowest BCUT2D eigenvalue weighted by Crippen LogP contribution is -2.67. The molecule has 6 heteroatoms. The van der Waals surface area contributed by atoms with Gasteiger partial charge in [-0.25, -0.2) is 8.78 Å². The maximum absolute atomic E-state index is 13.8. The van der Waals surface area contributed by atoms with Crippen molar-refractivity contribution in [3.63, 3.8) is 0 Å². The maximum Gasteiger partial charge on any atom is 0.227 e. The highest BCUT2D eigenvalue weighted by Gasteiger charge is 2.55. The number of nitrogens with zero attached hydrogens (tertiary/aromatic N) is 1. The summed E-state index contributed by atoms with van der Waals surface area (Å²) < 4.78 is 27.1. The lowest BCUT2D eigenvalue weighted by molar-refractivity contribution is -0.140. The summed E-state index contributed by atoms with van der Waals surface area (Å²) in [5.41, 5.74) is 3.66. The summed E-state index contributed by atoms with van der Waals surface area (Å²) in [6.45, 7) is 0. The molecule has 2 N–H and O–H groups in total. The number of benzene rings is 4. The molecule has 4 nitrogen and oxygen atoms in total. The Bertz CT molecular complexity index is 1460. The van der Waals surface area contributed by atoms with E-state index in [9.17, 15) is 23.9 Å². The molecule has 37 heavy (non-hydrogen) atoms. The van der Waals surface area contributed by atoms with Gasteiger partial charge in [-0.05, 0) is 77.1 Å². The highest BCUT2D eigenvalue weighted by atomic mass is 19.1. The number of nitrogens with one attached hydrogen (secondary N) is 1. The number of nitriles is 1. The van der Waals surface area contributed by atoms with Crippen LogP contribution in [-0.2, 0) is 10.3 Å². The standard InChI is InChI=1S/C31H24F2N2O2/c32-26-12-6-22(7-13-26)29(36)17-16-28-30(37)35-31(28,25-10-14-27(33)15-11-25)24-8-4-21(5-9-24)23-3-1-2-20(18-23)19-34/h1-15,18,28-29,36H,16-17H2,(H,35,37)/t28-,29-,31-/m0/s1. The fourth-order valence-electron chi connectivity index (χ4n) is 5.13. The first-order valence-electron chi connectivity index (χ1n) is 12.0. The minimum atomic E-state index is -0.889. The van der Waals surface area contributed by atoms with Gasteiger partial charge < -0.3 is 10.4 Å². The van der Waals surface area contributed by atoms with Crippen molar-refractivity contribution < 1.29 is 18.7 Å². The van der Waals surface area contributed by atoms with E-state index >= 15 is 0 Å². The van der Waals surface area contributed by atoms with Gasteiger partial charge in [0.1, 0.15) is 17.2 Å². The molecule has 1 aliphatic heterocycles. The smallest absolute Gasteiger partial charge is 0.227 e. The molecule has 0 spiro atoms. The van der Waals surface area contributed by atoms with Crippen molar-refractivity contribution in [3.05, 3.63) is 131 Å². The third kappa shape index (κ3) is 4.62. The number of halogens is 2. The van der Waals surface area contributed by atoms with E-state index in [0.717, 1.165) is 22.3 Å². The van der Waals surface area contributed by atoms with Crippen LogP contribution in [0.2, 0.25) is 0 Å². The Labute approximate surface area is 213 Å². The average Bonchev–Trinajstić information content (AvgIpc) is 2.92. The zero-order valence-electron chi connectivity index (χ0n) is 19.9. The molecule has 4 aromatic rings. The van der Waals surface area contributed by atoms with Crippen molar-refractivity contribution in [2.75, 3.05) is 0 Å². The Hall–Kier alpha value is -4.34. The first-order valence-corrected chi connectivity index (χ1v) is 12.0. The van der Waals surface area contributed by atoms with E-state index < -0.39 is 17.6 Å². The summed E-state index contributed by atoms with van der Waals surface area (Å²) in [5, 5.41) is 23.0. The molecule has 5 rings (SSSR count). The van der Waals surface area contributed by atoms with Gasteiger partial charge in [-0.15, -0.1) is 0 Å². The van der Waals surface area contributed by atoms with Crippen LogP contribution < -0.4 is 5.32 Å². The molecule has 1 fully saturated rings. The van der Waals surface area contributed by atoms with E-state index in [1.165, 1.54) is 36.4 Å². The van der Waals surface area contributed by atoms with E-state index in [-0.39, 0.29) is 17.5 Å². The van der Waals surface area contributed by atoms with Crippen LogP contribution in [0, 0.1) is 28.9 Å². The van der Waals surface area contributed by atoms with E-state index in [2.05, 4.69) is 11.4 Å². The molecule has 0 aromatic heterocycles. The normalized spacial score (nSPS) is 19.4. The Morgan fingerprint density at radius 3 is 2.05 bits per heavy atom. The van der Waals surface area contributed by atoms with Crippen LogP contribution in [-0.4, -0.2) is 11.0 Å². The third-order valence-electron chi connectivity index (χ3n) is 7.11. The molecule has 4 aromatic carbocycles. The average molecular weight is 495 g/mol. The minimum Gasteiger partial charge on any atom is -0.388 e. The predicted molar refractivity (Wildman–Crippen MR) is 136 cm³/mol. The first kappa shape index (κ1) is 24.4. The second-order valence-electron chi connectivity index (χ2n) is 9.27. The quantitative estimate of drug-likeness (QED) is 0.309. The van der Waals surface area contributed by atoms with Gasteiger partial charge in [0, 0.05) is 0 Å². The molecule has 0 aliphatic carbocycles. The number of amides is 1. The summed E-state index contributed by atoms with van der Waals surface area (Å²) in [6.07, 6.45) is -0.186. The molecule has 0 radical (unpaired) electrons. The summed E-state index contributed by atoms with van der Waals surface area (Å²) in [7, 11) is 0. The van der Waals surface area contributed by atoms with E-state index in [4.69, 9.17) is 0 Å². The maximum atomic E-state index is 13.8. The second-order valence-corrected chi connectivity index (χ2v) is 9.27. The lowest BCUT2D eigenvalue weighted by Gasteiger charge is -2.50. The number of rotatable bonds is 7. The molecule has 0 saturated carbocycles. The van der Waals surface area contributed by atoms with Gasteiger partial charge in [0.15, 0.2) is 0 Å². The summed E-state index contributed by atoms with van der Waals surface area (Å²) in [4.78, 5) is 12.9. The van der Waals surface area contributed by atoms with Crippen molar-refractivity contribution >= 4 is 5.91 Å². The third-order valence-corrected chi connectivity index (χ3v) is 7.11. The molecule has 3 atom stereocenters. The summed E-state index contributed by atoms with van der Waals surface area (Å²) in [6, 6.07) is 28.9. The van der Waals surface area contributed by atoms with Crippen molar-refractivity contribution in [2.45, 2.75) is 24.5 Å². The molecule has 0 unspecified atom stereocenters. The van der Waals surface area contributed by atoms with Crippen LogP contribution in [0.3, 0.4) is 0 Å². The highest BCUT2D eigenvalue weighted by molar-refractivity contribution is 5.90. The predicted octanol–water partition coefficient (Wildman–Crippen LogP) is 6.01. The van der Waals surface area contributed by atoms with Crippen LogP contribution in [0.5, 0.6) is 0 Å². The van der Waals surface area contributed by atoms with Gasteiger partial charge in [-0.1, -0.05) is 60.7 Å². The Morgan fingerprint density at radius 1 is 0.865 bits per heavy atom. The largest absolute Gasteiger partial charge is 0.388 e. The Balaban J connectivity index is 1.47. The molecular formula is C31H24F2N2O2. The first-order chi connectivity index (χ1) is 17.9. The van der Waals surface area contributed by atoms with E-state index in [1.807, 2.05) is 42.5 Å². The molecular weight excluding hydrogens is 470 g/mol. The van der Waals surface area contributed by atoms with Gasteiger partial charge in [-0.3, -0.25) is 4.79 Å². The van der Waals surface area contributed by atoms with E-state index in [0.29, 0.717) is 24.0 Å². The Kier molecular flexibility index (Phi) is 6.56. The molecule has 0 bridgehead atoms. The van der Waals surface area contributed by atoms with Crippen molar-refractivity contribution in [2.24, 2.45) is 5.92 Å². The van der Waals surface area contributed by atoms with Crippen molar-refractivity contribution in [1.29, 1.82) is 5.26 Å². The zero-order valence-corrected chi connectivity index (χ0v) is 19.9. The molecule has 1 amide bonds. The number of carbonyl (C=O) groups is 1. The number of aliphatic hydroxyl groups excluding tert-OH is 1.